The normalized spacial score (nSPS) is 18.6. The average molecular weight is 405 g/mol. The number of nitro benzene ring substituents is 1. The van der Waals surface area contributed by atoms with Crippen LogP contribution in [0.4, 0.5) is 17.1 Å². The fraction of sp³-hybridized carbons (Fsp3) is 0.143. The molecule has 0 radical (unpaired) electrons. The van der Waals surface area contributed by atoms with Crippen molar-refractivity contribution in [3.05, 3.63) is 75.9 Å². The van der Waals surface area contributed by atoms with Gasteiger partial charge in [-0.2, -0.15) is 0 Å². The van der Waals surface area contributed by atoms with E-state index in [1.807, 2.05) is 0 Å². The van der Waals surface area contributed by atoms with Crippen molar-refractivity contribution in [2.45, 2.75) is 19.3 Å². The first-order valence-electron chi connectivity index (χ1n) is 9.06. The Hall–Kier alpha value is -4.14. The number of imide groups is 2. The Balaban J connectivity index is 1.64. The maximum absolute atomic E-state index is 13.0. The standard InChI is InChI=1S/C21H15N3O6/c1-12-2-7-17(24(29)30)15(10-12)16-11-20(27)23(21(16)28)14-5-3-13(4-6-14)22-18(25)8-9-19(22)26/h2-10,16H,11H2,1H3. The molecule has 2 aromatic carbocycles. The summed E-state index contributed by atoms with van der Waals surface area (Å²) in [6.45, 7) is 1.75. The number of aryl methyl sites for hydroxylation is 1. The largest absolute Gasteiger partial charge is 0.274 e. The van der Waals surface area contributed by atoms with Gasteiger partial charge in [-0.15, -0.1) is 0 Å². The van der Waals surface area contributed by atoms with E-state index in [4.69, 9.17) is 0 Å². The zero-order valence-corrected chi connectivity index (χ0v) is 15.8. The van der Waals surface area contributed by atoms with Gasteiger partial charge in [-0.3, -0.25) is 34.2 Å². The van der Waals surface area contributed by atoms with Crippen molar-refractivity contribution in [2.24, 2.45) is 0 Å². The van der Waals surface area contributed by atoms with E-state index < -0.39 is 34.5 Å². The van der Waals surface area contributed by atoms with E-state index in [0.717, 1.165) is 27.5 Å². The van der Waals surface area contributed by atoms with E-state index in [2.05, 4.69) is 0 Å². The van der Waals surface area contributed by atoms with Crippen LogP contribution in [0.2, 0.25) is 0 Å². The van der Waals surface area contributed by atoms with Crippen LogP contribution < -0.4 is 9.80 Å². The maximum Gasteiger partial charge on any atom is 0.273 e. The quantitative estimate of drug-likeness (QED) is 0.438. The number of hydrogen-bond donors (Lipinski definition) is 0. The molecule has 30 heavy (non-hydrogen) atoms. The van der Waals surface area contributed by atoms with Crippen molar-refractivity contribution in [3.63, 3.8) is 0 Å². The molecule has 2 aliphatic rings. The van der Waals surface area contributed by atoms with Crippen molar-refractivity contribution < 1.29 is 24.1 Å². The summed E-state index contributed by atoms with van der Waals surface area (Å²) in [6, 6.07) is 10.3. The van der Waals surface area contributed by atoms with Crippen LogP contribution in [0.5, 0.6) is 0 Å². The molecule has 0 aromatic heterocycles. The average Bonchev–Trinajstić information content (AvgIpc) is 3.19. The Morgan fingerprint density at radius 3 is 2.03 bits per heavy atom. The van der Waals surface area contributed by atoms with Gasteiger partial charge in [0.15, 0.2) is 0 Å². The molecule has 9 heteroatoms. The van der Waals surface area contributed by atoms with Gasteiger partial charge < -0.3 is 0 Å². The molecule has 150 valence electrons. The van der Waals surface area contributed by atoms with Gasteiger partial charge in [0.2, 0.25) is 11.8 Å². The van der Waals surface area contributed by atoms with Crippen LogP contribution in [-0.4, -0.2) is 28.6 Å². The molecule has 1 saturated heterocycles. The lowest BCUT2D eigenvalue weighted by Crippen LogP contribution is -2.31. The maximum atomic E-state index is 13.0. The van der Waals surface area contributed by atoms with E-state index >= 15 is 0 Å². The number of anilines is 2. The predicted octanol–water partition coefficient (Wildman–Crippen LogP) is 2.38. The Kier molecular flexibility index (Phi) is 4.50. The van der Waals surface area contributed by atoms with E-state index in [9.17, 15) is 29.3 Å². The van der Waals surface area contributed by atoms with E-state index in [0.29, 0.717) is 5.69 Å². The monoisotopic (exact) mass is 405 g/mol. The number of carbonyl (C=O) groups excluding carboxylic acids is 4. The molecule has 4 rings (SSSR count). The van der Waals surface area contributed by atoms with Crippen molar-refractivity contribution in [2.75, 3.05) is 9.80 Å². The fourth-order valence-electron chi connectivity index (χ4n) is 3.67. The lowest BCUT2D eigenvalue weighted by Gasteiger charge is -2.18. The summed E-state index contributed by atoms with van der Waals surface area (Å²) >= 11 is 0. The second-order valence-corrected chi connectivity index (χ2v) is 7.01. The Morgan fingerprint density at radius 1 is 0.900 bits per heavy atom. The topological polar surface area (TPSA) is 118 Å². The lowest BCUT2D eigenvalue weighted by molar-refractivity contribution is -0.385. The van der Waals surface area contributed by atoms with Gasteiger partial charge in [0.25, 0.3) is 17.5 Å². The van der Waals surface area contributed by atoms with Crippen molar-refractivity contribution in [1.82, 2.24) is 0 Å². The SMILES string of the molecule is Cc1ccc([N+](=O)[O-])c(C2CC(=O)N(c3ccc(N4C(=O)C=CC4=O)cc3)C2=O)c1. The molecular formula is C21H15N3O6. The molecule has 0 aliphatic carbocycles. The van der Waals surface area contributed by atoms with E-state index in [1.54, 1.807) is 19.1 Å². The molecule has 0 spiro atoms. The number of hydrogen-bond acceptors (Lipinski definition) is 6. The van der Waals surface area contributed by atoms with E-state index in [1.165, 1.54) is 30.3 Å². The van der Waals surface area contributed by atoms with Gasteiger partial charge in [0, 0.05) is 30.2 Å². The third kappa shape index (κ3) is 3.06. The third-order valence-electron chi connectivity index (χ3n) is 5.08. The first-order valence-corrected chi connectivity index (χ1v) is 9.06. The fourth-order valence-corrected chi connectivity index (χ4v) is 3.67. The second-order valence-electron chi connectivity index (χ2n) is 7.01. The van der Waals surface area contributed by atoms with Crippen LogP contribution in [-0.2, 0) is 19.2 Å². The molecule has 1 atom stereocenters. The smallest absolute Gasteiger partial charge is 0.273 e. The number of rotatable bonds is 4. The molecule has 0 bridgehead atoms. The first-order chi connectivity index (χ1) is 14.3. The van der Waals surface area contributed by atoms with E-state index in [-0.39, 0.29) is 23.4 Å². The molecule has 4 amide bonds. The van der Waals surface area contributed by atoms with Crippen LogP contribution in [0.3, 0.4) is 0 Å². The minimum absolute atomic E-state index is 0.183. The lowest BCUT2D eigenvalue weighted by atomic mass is 9.94. The summed E-state index contributed by atoms with van der Waals surface area (Å²) in [7, 11) is 0. The van der Waals surface area contributed by atoms with Gasteiger partial charge in [0.1, 0.15) is 0 Å². The molecular weight excluding hydrogens is 390 g/mol. The molecule has 2 aliphatic heterocycles. The van der Waals surface area contributed by atoms with Gasteiger partial charge >= 0.3 is 0 Å². The van der Waals surface area contributed by atoms with Crippen LogP contribution >= 0.6 is 0 Å². The molecule has 0 N–H and O–H groups in total. The molecule has 0 saturated carbocycles. The number of benzene rings is 2. The van der Waals surface area contributed by atoms with Gasteiger partial charge in [-0.1, -0.05) is 11.6 Å². The van der Waals surface area contributed by atoms with Crippen molar-refractivity contribution in [3.8, 4) is 0 Å². The van der Waals surface area contributed by atoms with Gasteiger partial charge in [-0.05, 0) is 37.3 Å². The summed E-state index contributed by atoms with van der Waals surface area (Å²) in [5.74, 6) is -2.95. The van der Waals surface area contributed by atoms with Crippen LogP contribution in [0.15, 0.2) is 54.6 Å². The van der Waals surface area contributed by atoms with Crippen LogP contribution in [0.25, 0.3) is 0 Å². The third-order valence-corrected chi connectivity index (χ3v) is 5.08. The van der Waals surface area contributed by atoms with Gasteiger partial charge in [0.05, 0.1) is 22.2 Å². The first kappa shape index (κ1) is 19.2. The van der Waals surface area contributed by atoms with Crippen molar-refractivity contribution >= 4 is 40.7 Å². The summed E-state index contributed by atoms with van der Waals surface area (Å²) in [5.41, 5.74) is 1.31. The number of carbonyl (C=O) groups is 4. The minimum Gasteiger partial charge on any atom is -0.274 e. The molecule has 2 aromatic rings. The Labute approximate surface area is 170 Å². The number of amides is 4. The summed E-state index contributed by atoms with van der Waals surface area (Å²) in [6.07, 6.45) is 2.13. The molecule has 1 fully saturated rings. The van der Waals surface area contributed by atoms with Crippen molar-refractivity contribution in [1.29, 1.82) is 0 Å². The molecule has 2 heterocycles. The Bertz CT molecular complexity index is 1130. The summed E-state index contributed by atoms with van der Waals surface area (Å²) in [4.78, 5) is 61.9. The highest BCUT2D eigenvalue weighted by molar-refractivity contribution is 6.28. The van der Waals surface area contributed by atoms with Crippen LogP contribution in [0.1, 0.15) is 23.5 Å². The van der Waals surface area contributed by atoms with Gasteiger partial charge in [-0.25, -0.2) is 4.90 Å². The highest BCUT2D eigenvalue weighted by Crippen LogP contribution is 2.38. The molecule has 1 unspecified atom stereocenters. The highest BCUT2D eigenvalue weighted by atomic mass is 16.6. The number of nitro groups is 1. The summed E-state index contributed by atoms with van der Waals surface area (Å²) in [5, 5.41) is 11.4. The zero-order chi connectivity index (χ0) is 21.6. The predicted molar refractivity (Wildman–Crippen MR) is 106 cm³/mol. The Morgan fingerprint density at radius 2 is 1.47 bits per heavy atom. The van der Waals surface area contributed by atoms with Crippen LogP contribution in [0, 0.1) is 17.0 Å². The second kappa shape index (κ2) is 7.03. The highest BCUT2D eigenvalue weighted by Gasteiger charge is 2.43. The number of nitrogens with zero attached hydrogens (tertiary/aromatic N) is 3. The minimum atomic E-state index is -0.955. The summed E-state index contributed by atoms with van der Waals surface area (Å²) < 4.78 is 0. The zero-order valence-electron chi connectivity index (χ0n) is 15.8. The molecule has 9 nitrogen and oxygen atoms in total.